The van der Waals surface area contributed by atoms with Crippen molar-refractivity contribution in [3.05, 3.63) is 30.0 Å². The monoisotopic (exact) mass is 411 g/mol. The standard InChI is InChI=1S/C20H24F3N3O3/c1-19(2,28)14-4-6-15(7-5-14)25-18(27)13-9-12-3-8-16(26-17(12)24-10-13)29-11-20(21,22)23/h3,8-10,14-15,28H,4-7,11H2,1-2H3,(H,25,27)/t14-,15-. The molecule has 0 saturated heterocycles. The van der Waals surface area contributed by atoms with Gasteiger partial charge in [0.15, 0.2) is 12.3 Å². The number of rotatable bonds is 5. The van der Waals surface area contributed by atoms with Crippen molar-refractivity contribution in [1.82, 2.24) is 15.3 Å². The summed E-state index contributed by atoms with van der Waals surface area (Å²) < 4.78 is 41.3. The van der Waals surface area contributed by atoms with Crippen LogP contribution < -0.4 is 10.1 Å². The van der Waals surface area contributed by atoms with Crippen molar-refractivity contribution in [1.29, 1.82) is 0 Å². The number of nitrogens with one attached hydrogen (secondary N) is 1. The molecule has 0 bridgehead atoms. The molecule has 1 saturated carbocycles. The second-order valence-electron chi connectivity index (χ2n) is 8.00. The molecule has 9 heteroatoms. The third-order valence-corrected chi connectivity index (χ3v) is 5.22. The molecular formula is C20H24F3N3O3. The molecule has 29 heavy (non-hydrogen) atoms. The highest BCUT2D eigenvalue weighted by atomic mass is 19.4. The minimum atomic E-state index is -4.45. The van der Waals surface area contributed by atoms with Gasteiger partial charge in [-0.15, -0.1) is 0 Å². The molecule has 2 heterocycles. The van der Waals surface area contributed by atoms with Crippen LogP contribution in [0.2, 0.25) is 0 Å². The molecule has 1 amide bonds. The van der Waals surface area contributed by atoms with Gasteiger partial charge in [-0.25, -0.2) is 4.98 Å². The first-order valence-corrected chi connectivity index (χ1v) is 9.51. The number of aromatic nitrogens is 2. The van der Waals surface area contributed by atoms with Crippen LogP contribution in [0.25, 0.3) is 11.0 Å². The summed E-state index contributed by atoms with van der Waals surface area (Å²) >= 11 is 0. The SMILES string of the molecule is CC(C)(O)[C@H]1CC[C@H](NC(=O)c2cnc3nc(OCC(F)(F)F)ccc3c2)CC1. The van der Waals surface area contributed by atoms with Crippen LogP contribution in [0.1, 0.15) is 49.9 Å². The van der Waals surface area contributed by atoms with Crippen molar-refractivity contribution in [2.45, 2.75) is 57.3 Å². The van der Waals surface area contributed by atoms with Gasteiger partial charge in [0.25, 0.3) is 5.91 Å². The van der Waals surface area contributed by atoms with E-state index in [0.717, 1.165) is 25.7 Å². The van der Waals surface area contributed by atoms with Crippen molar-refractivity contribution in [3.8, 4) is 5.88 Å². The van der Waals surface area contributed by atoms with E-state index in [9.17, 15) is 23.1 Å². The van der Waals surface area contributed by atoms with E-state index in [1.54, 1.807) is 6.07 Å². The third-order valence-electron chi connectivity index (χ3n) is 5.22. The van der Waals surface area contributed by atoms with Crippen LogP contribution in [0.3, 0.4) is 0 Å². The number of hydrogen-bond acceptors (Lipinski definition) is 5. The molecule has 1 aliphatic carbocycles. The molecule has 1 fully saturated rings. The Balaban J connectivity index is 1.62. The summed E-state index contributed by atoms with van der Waals surface area (Å²) in [6.07, 6.45) is 0.175. The molecule has 2 N–H and O–H groups in total. The molecule has 0 unspecified atom stereocenters. The Morgan fingerprint density at radius 1 is 1.24 bits per heavy atom. The molecule has 158 valence electrons. The number of ether oxygens (including phenoxy) is 1. The van der Waals surface area contributed by atoms with E-state index < -0.39 is 18.4 Å². The van der Waals surface area contributed by atoms with E-state index in [4.69, 9.17) is 0 Å². The van der Waals surface area contributed by atoms with Gasteiger partial charge in [0.2, 0.25) is 5.88 Å². The summed E-state index contributed by atoms with van der Waals surface area (Å²) in [5, 5.41) is 13.6. The molecule has 0 aromatic carbocycles. The Morgan fingerprint density at radius 2 is 1.93 bits per heavy atom. The van der Waals surface area contributed by atoms with E-state index in [1.807, 2.05) is 13.8 Å². The number of alkyl halides is 3. The number of amides is 1. The van der Waals surface area contributed by atoms with Crippen LogP contribution in [-0.2, 0) is 0 Å². The lowest BCUT2D eigenvalue weighted by Gasteiger charge is -2.36. The van der Waals surface area contributed by atoms with Gasteiger partial charge in [0.05, 0.1) is 11.2 Å². The molecule has 0 radical (unpaired) electrons. The van der Waals surface area contributed by atoms with E-state index in [2.05, 4.69) is 20.0 Å². The Labute approximate surface area is 166 Å². The van der Waals surface area contributed by atoms with Gasteiger partial charge in [-0.05, 0) is 57.6 Å². The van der Waals surface area contributed by atoms with Crippen molar-refractivity contribution in [2.75, 3.05) is 6.61 Å². The zero-order chi connectivity index (χ0) is 21.2. The highest BCUT2D eigenvalue weighted by Gasteiger charge is 2.32. The van der Waals surface area contributed by atoms with Gasteiger partial charge in [0.1, 0.15) is 0 Å². The van der Waals surface area contributed by atoms with Gasteiger partial charge < -0.3 is 15.2 Å². The lowest BCUT2D eigenvalue weighted by atomic mass is 9.77. The maximum atomic E-state index is 12.5. The molecule has 0 spiro atoms. The second kappa shape index (κ2) is 8.14. The highest BCUT2D eigenvalue weighted by molar-refractivity contribution is 5.97. The normalized spacial score (nSPS) is 20.5. The quantitative estimate of drug-likeness (QED) is 0.785. The molecule has 2 aromatic rings. The Morgan fingerprint density at radius 3 is 2.55 bits per heavy atom. The van der Waals surface area contributed by atoms with Gasteiger partial charge >= 0.3 is 6.18 Å². The fourth-order valence-electron chi connectivity index (χ4n) is 3.57. The lowest BCUT2D eigenvalue weighted by molar-refractivity contribution is -0.154. The summed E-state index contributed by atoms with van der Waals surface area (Å²) in [6.45, 7) is 2.19. The van der Waals surface area contributed by atoms with Crippen molar-refractivity contribution in [3.63, 3.8) is 0 Å². The van der Waals surface area contributed by atoms with Crippen molar-refractivity contribution < 1.29 is 27.8 Å². The smallest absolute Gasteiger partial charge is 0.422 e. The molecule has 2 aromatic heterocycles. The fraction of sp³-hybridized carbons (Fsp3) is 0.550. The lowest BCUT2D eigenvalue weighted by Crippen LogP contribution is -2.41. The predicted molar refractivity (Wildman–Crippen MR) is 101 cm³/mol. The number of hydrogen-bond donors (Lipinski definition) is 2. The number of nitrogens with zero attached hydrogens (tertiary/aromatic N) is 2. The highest BCUT2D eigenvalue weighted by Crippen LogP contribution is 2.32. The van der Waals surface area contributed by atoms with E-state index in [1.165, 1.54) is 18.3 Å². The Hall–Kier alpha value is -2.42. The summed E-state index contributed by atoms with van der Waals surface area (Å²) in [4.78, 5) is 20.6. The van der Waals surface area contributed by atoms with Crippen LogP contribution in [0, 0.1) is 5.92 Å². The van der Waals surface area contributed by atoms with E-state index >= 15 is 0 Å². The first-order chi connectivity index (χ1) is 13.5. The Kier molecular flexibility index (Phi) is 5.97. The number of carbonyl (C=O) groups is 1. The van der Waals surface area contributed by atoms with Crippen LogP contribution in [0.4, 0.5) is 13.2 Å². The average molecular weight is 411 g/mol. The molecule has 0 aliphatic heterocycles. The maximum Gasteiger partial charge on any atom is 0.422 e. The summed E-state index contributed by atoms with van der Waals surface area (Å²) in [5.74, 6) is -0.218. The van der Waals surface area contributed by atoms with Crippen molar-refractivity contribution >= 4 is 16.9 Å². The van der Waals surface area contributed by atoms with Gasteiger partial charge in [0, 0.05) is 23.7 Å². The number of aliphatic hydroxyl groups is 1. The van der Waals surface area contributed by atoms with Gasteiger partial charge in [-0.2, -0.15) is 18.2 Å². The summed E-state index contributed by atoms with van der Waals surface area (Å²) in [7, 11) is 0. The number of carbonyl (C=O) groups excluding carboxylic acids is 1. The van der Waals surface area contributed by atoms with Gasteiger partial charge in [-0.1, -0.05) is 0 Å². The van der Waals surface area contributed by atoms with E-state index in [0.29, 0.717) is 10.9 Å². The first kappa shape index (κ1) is 21.3. The molecule has 0 atom stereocenters. The van der Waals surface area contributed by atoms with Crippen LogP contribution >= 0.6 is 0 Å². The first-order valence-electron chi connectivity index (χ1n) is 9.51. The minimum Gasteiger partial charge on any atom is -0.468 e. The van der Waals surface area contributed by atoms with E-state index in [-0.39, 0.29) is 29.4 Å². The average Bonchev–Trinajstić information content (AvgIpc) is 2.65. The molecule has 1 aliphatic rings. The van der Waals surface area contributed by atoms with Crippen LogP contribution in [0.5, 0.6) is 5.88 Å². The topological polar surface area (TPSA) is 84.3 Å². The van der Waals surface area contributed by atoms with Crippen molar-refractivity contribution in [2.24, 2.45) is 5.92 Å². The largest absolute Gasteiger partial charge is 0.468 e. The minimum absolute atomic E-state index is 0.0352. The fourth-order valence-corrected chi connectivity index (χ4v) is 3.57. The summed E-state index contributed by atoms with van der Waals surface area (Å²) in [5.41, 5.74) is -0.160. The number of halogens is 3. The zero-order valence-electron chi connectivity index (χ0n) is 16.3. The zero-order valence-corrected chi connectivity index (χ0v) is 16.3. The third kappa shape index (κ3) is 5.79. The molecule has 6 nitrogen and oxygen atoms in total. The molecule has 3 rings (SSSR count). The van der Waals surface area contributed by atoms with Crippen LogP contribution in [-0.4, -0.2) is 45.4 Å². The molecular weight excluding hydrogens is 387 g/mol. The van der Waals surface area contributed by atoms with Crippen LogP contribution in [0.15, 0.2) is 24.4 Å². The summed E-state index contributed by atoms with van der Waals surface area (Å²) in [6, 6.07) is 4.47. The Bertz CT molecular complexity index is 873. The number of pyridine rings is 2. The van der Waals surface area contributed by atoms with Gasteiger partial charge in [-0.3, -0.25) is 4.79 Å². The second-order valence-corrected chi connectivity index (χ2v) is 8.00. The maximum absolute atomic E-state index is 12.5. The number of fused-ring (bicyclic) bond motifs is 1. The predicted octanol–water partition coefficient (Wildman–Crippen LogP) is 3.63.